The normalized spacial score (nSPS) is 21.6. The quantitative estimate of drug-likeness (QED) is 0.634. The van der Waals surface area contributed by atoms with E-state index < -0.39 is 11.9 Å². The molecule has 1 aromatic carbocycles. The van der Waals surface area contributed by atoms with Crippen molar-refractivity contribution in [3.05, 3.63) is 52.8 Å². The lowest BCUT2D eigenvalue weighted by Crippen LogP contribution is -2.52. The number of imide groups is 1. The van der Waals surface area contributed by atoms with Crippen molar-refractivity contribution in [2.24, 2.45) is 0 Å². The molecule has 2 saturated heterocycles. The molecule has 2 N–H and O–H groups in total. The number of carbonyl (C=O) groups is 3. The minimum Gasteiger partial charge on any atom is -0.508 e. The number of anilines is 1. The molecular weight excluding hydrogens is 458 g/mol. The van der Waals surface area contributed by atoms with E-state index in [1.54, 1.807) is 11.6 Å². The fraction of sp³-hybridized carbons (Fsp3) is 0.481. The zero-order valence-corrected chi connectivity index (χ0v) is 20.7. The highest BCUT2D eigenvalue weighted by molar-refractivity contribution is 6.05. The lowest BCUT2D eigenvalue weighted by atomic mass is 9.99. The van der Waals surface area contributed by atoms with Gasteiger partial charge in [0.15, 0.2) is 0 Å². The number of nitrogens with zero attached hydrogens (tertiary/aromatic N) is 4. The predicted molar refractivity (Wildman–Crippen MR) is 134 cm³/mol. The Morgan fingerprint density at radius 3 is 2.64 bits per heavy atom. The first-order valence-corrected chi connectivity index (χ1v) is 12.8. The molecule has 190 valence electrons. The van der Waals surface area contributed by atoms with Crippen LogP contribution in [0, 0.1) is 0 Å². The van der Waals surface area contributed by atoms with Gasteiger partial charge in [0, 0.05) is 44.9 Å². The molecule has 6 rings (SSSR count). The van der Waals surface area contributed by atoms with Crippen LogP contribution < -0.4 is 10.2 Å². The van der Waals surface area contributed by atoms with Gasteiger partial charge in [0.2, 0.25) is 11.8 Å². The van der Waals surface area contributed by atoms with Gasteiger partial charge in [-0.15, -0.1) is 0 Å². The third-order valence-electron chi connectivity index (χ3n) is 7.56. The molecule has 2 aromatic rings. The molecule has 1 unspecified atom stereocenters. The fourth-order valence-electron chi connectivity index (χ4n) is 5.63. The van der Waals surface area contributed by atoms with E-state index >= 15 is 0 Å². The Labute approximate surface area is 211 Å². The standard InChI is InChI=1S/C14H21N3.C13H12N2O4/c1-16-6-4-5-13-12(9-15-10-14(13)16)11-17-7-2-3-8-17;16-8-1-2-9-7(5-8)6-15(13(9)19)10-3-4-11(17)14-12(10)18/h9-10H,2-8,11H2,1H3;1-2,5,10,16H,3-4,6H2,(H,14,17,18). The number of rotatable bonds is 3. The third kappa shape index (κ3) is 4.93. The van der Waals surface area contributed by atoms with Crippen molar-refractivity contribution in [1.82, 2.24) is 20.1 Å². The second kappa shape index (κ2) is 10.3. The van der Waals surface area contributed by atoms with Crippen LogP contribution in [0.4, 0.5) is 5.69 Å². The number of likely N-dealkylation sites (tertiary alicyclic amines) is 1. The summed E-state index contributed by atoms with van der Waals surface area (Å²) >= 11 is 0. The molecule has 1 atom stereocenters. The maximum absolute atomic E-state index is 12.2. The molecule has 0 radical (unpaired) electrons. The zero-order valence-electron chi connectivity index (χ0n) is 20.7. The Morgan fingerprint density at radius 2 is 1.86 bits per heavy atom. The summed E-state index contributed by atoms with van der Waals surface area (Å²) in [6.07, 6.45) is 9.92. The van der Waals surface area contributed by atoms with Gasteiger partial charge in [-0.2, -0.15) is 0 Å². The number of nitrogens with one attached hydrogen (secondary N) is 1. The molecule has 3 amide bonds. The van der Waals surface area contributed by atoms with E-state index in [0.717, 1.165) is 6.54 Å². The number of hydrogen-bond acceptors (Lipinski definition) is 7. The van der Waals surface area contributed by atoms with Crippen LogP contribution in [0.25, 0.3) is 0 Å². The molecule has 4 aliphatic rings. The van der Waals surface area contributed by atoms with Gasteiger partial charge in [0.1, 0.15) is 11.8 Å². The maximum atomic E-state index is 12.2. The average Bonchev–Trinajstić information content (AvgIpc) is 3.48. The number of aromatic nitrogens is 1. The highest BCUT2D eigenvalue weighted by atomic mass is 16.3. The fourth-order valence-corrected chi connectivity index (χ4v) is 5.63. The molecule has 2 fully saturated rings. The number of hydrogen-bond donors (Lipinski definition) is 2. The Morgan fingerprint density at radius 1 is 1.06 bits per heavy atom. The van der Waals surface area contributed by atoms with E-state index in [1.807, 2.05) is 6.20 Å². The number of aromatic hydroxyl groups is 1. The number of pyridine rings is 1. The molecule has 5 heterocycles. The lowest BCUT2D eigenvalue weighted by molar-refractivity contribution is -0.136. The van der Waals surface area contributed by atoms with E-state index in [4.69, 9.17) is 0 Å². The van der Waals surface area contributed by atoms with Crippen LogP contribution in [-0.4, -0.2) is 70.3 Å². The van der Waals surface area contributed by atoms with Crippen LogP contribution in [0.1, 0.15) is 59.2 Å². The van der Waals surface area contributed by atoms with Crippen molar-refractivity contribution in [3.63, 3.8) is 0 Å². The summed E-state index contributed by atoms with van der Waals surface area (Å²) in [5.41, 5.74) is 5.56. The number of fused-ring (bicyclic) bond motifs is 2. The third-order valence-corrected chi connectivity index (χ3v) is 7.56. The Hall–Kier alpha value is -3.46. The summed E-state index contributed by atoms with van der Waals surface area (Å²) in [6, 6.07) is 3.92. The number of piperidine rings is 1. The lowest BCUT2D eigenvalue weighted by Gasteiger charge is -2.29. The molecule has 0 saturated carbocycles. The molecular formula is C27H33N5O4. The largest absolute Gasteiger partial charge is 0.508 e. The second-order valence-electron chi connectivity index (χ2n) is 10.0. The topological polar surface area (TPSA) is 106 Å². The number of amides is 3. The number of benzene rings is 1. The molecule has 0 aliphatic carbocycles. The van der Waals surface area contributed by atoms with Gasteiger partial charge in [-0.3, -0.25) is 29.6 Å². The maximum Gasteiger partial charge on any atom is 0.255 e. The van der Waals surface area contributed by atoms with Crippen molar-refractivity contribution in [1.29, 1.82) is 0 Å². The van der Waals surface area contributed by atoms with Gasteiger partial charge in [-0.1, -0.05) is 0 Å². The summed E-state index contributed by atoms with van der Waals surface area (Å²) in [7, 11) is 2.18. The van der Waals surface area contributed by atoms with Gasteiger partial charge < -0.3 is 14.9 Å². The van der Waals surface area contributed by atoms with Crippen LogP contribution in [0.5, 0.6) is 5.75 Å². The van der Waals surface area contributed by atoms with Crippen molar-refractivity contribution in [2.45, 2.75) is 57.7 Å². The van der Waals surface area contributed by atoms with E-state index in [1.165, 1.54) is 73.6 Å². The average molecular weight is 492 g/mol. The first-order chi connectivity index (χ1) is 17.4. The van der Waals surface area contributed by atoms with Gasteiger partial charge in [0.25, 0.3) is 5.91 Å². The van der Waals surface area contributed by atoms with Crippen molar-refractivity contribution < 1.29 is 19.5 Å². The molecule has 9 heteroatoms. The SMILES string of the molecule is CN1CCCc2c(CN3CCCC3)cncc21.O=C1CCC(N2Cc3cc(O)ccc3C2=O)C(=O)N1. The van der Waals surface area contributed by atoms with Crippen molar-refractivity contribution in [2.75, 3.05) is 31.6 Å². The number of carbonyl (C=O) groups excluding carboxylic acids is 3. The predicted octanol–water partition coefficient (Wildman–Crippen LogP) is 2.21. The summed E-state index contributed by atoms with van der Waals surface area (Å²) in [6.45, 7) is 5.08. The molecule has 4 aliphatic heterocycles. The van der Waals surface area contributed by atoms with E-state index in [2.05, 4.69) is 33.3 Å². The summed E-state index contributed by atoms with van der Waals surface area (Å²) in [5, 5.41) is 11.7. The first kappa shape index (κ1) is 24.2. The van der Waals surface area contributed by atoms with Crippen LogP contribution in [0.2, 0.25) is 0 Å². The minimum atomic E-state index is -0.611. The zero-order chi connectivity index (χ0) is 25.2. The monoisotopic (exact) mass is 491 g/mol. The molecule has 0 spiro atoms. The van der Waals surface area contributed by atoms with Gasteiger partial charge >= 0.3 is 0 Å². The molecule has 1 aromatic heterocycles. The molecule has 36 heavy (non-hydrogen) atoms. The van der Waals surface area contributed by atoms with Gasteiger partial charge in [0.05, 0.1) is 11.9 Å². The molecule has 0 bridgehead atoms. The summed E-state index contributed by atoms with van der Waals surface area (Å²) in [4.78, 5) is 45.9. The van der Waals surface area contributed by atoms with E-state index in [0.29, 0.717) is 17.5 Å². The summed E-state index contributed by atoms with van der Waals surface area (Å²) < 4.78 is 0. The van der Waals surface area contributed by atoms with Crippen molar-refractivity contribution >= 4 is 23.4 Å². The highest BCUT2D eigenvalue weighted by Gasteiger charge is 2.39. The summed E-state index contributed by atoms with van der Waals surface area (Å²) in [5.74, 6) is -0.870. The first-order valence-electron chi connectivity index (χ1n) is 12.8. The highest BCUT2D eigenvalue weighted by Crippen LogP contribution is 2.30. The minimum absolute atomic E-state index is 0.0941. The Balaban J connectivity index is 0.000000149. The Kier molecular flexibility index (Phi) is 6.91. The molecule has 9 nitrogen and oxygen atoms in total. The van der Waals surface area contributed by atoms with Crippen LogP contribution in [0.3, 0.4) is 0 Å². The Bertz CT molecular complexity index is 1180. The second-order valence-corrected chi connectivity index (χ2v) is 10.0. The van der Waals surface area contributed by atoms with Crippen LogP contribution in [0.15, 0.2) is 30.6 Å². The van der Waals surface area contributed by atoms with Gasteiger partial charge in [-0.25, -0.2) is 0 Å². The van der Waals surface area contributed by atoms with Gasteiger partial charge in [-0.05, 0) is 80.1 Å². The van der Waals surface area contributed by atoms with E-state index in [9.17, 15) is 19.5 Å². The van der Waals surface area contributed by atoms with Crippen LogP contribution >= 0.6 is 0 Å². The number of phenolic OH excluding ortho intramolecular Hbond substituents is 1. The number of phenols is 1. The smallest absolute Gasteiger partial charge is 0.255 e. The van der Waals surface area contributed by atoms with Crippen LogP contribution in [-0.2, 0) is 29.1 Å². The van der Waals surface area contributed by atoms with E-state index in [-0.39, 0.29) is 30.5 Å². The van der Waals surface area contributed by atoms with Crippen molar-refractivity contribution in [3.8, 4) is 5.75 Å².